The lowest BCUT2D eigenvalue weighted by molar-refractivity contribution is 0.0576. The highest BCUT2D eigenvalue weighted by atomic mass is 16.4. The van der Waals surface area contributed by atoms with Crippen molar-refractivity contribution in [3.63, 3.8) is 0 Å². The maximum Gasteiger partial charge on any atom is 0.408 e. The third-order valence-corrected chi connectivity index (χ3v) is 2.34. The van der Waals surface area contributed by atoms with Gasteiger partial charge in [0.2, 0.25) is 0 Å². The molecular weight excluding hydrogens is 166 g/mol. The van der Waals surface area contributed by atoms with Gasteiger partial charge in [-0.3, -0.25) is 4.90 Å². The zero-order valence-corrected chi connectivity index (χ0v) is 8.50. The Labute approximate surface area is 79.0 Å². The molecule has 1 amide bonds. The van der Waals surface area contributed by atoms with Crippen molar-refractivity contribution in [3.05, 3.63) is 12.2 Å². The van der Waals surface area contributed by atoms with E-state index < -0.39 is 6.09 Å². The Balaban J connectivity index is 2.70. The molecule has 74 valence electrons. The average molecular weight is 183 g/mol. The fourth-order valence-electron chi connectivity index (χ4n) is 1.78. The molecule has 1 aliphatic carbocycles. The van der Waals surface area contributed by atoms with E-state index in [2.05, 4.69) is 6.58 Å². The fourth-order valence-corrected chi connectivity index (χ4v) is 1.78. The van der Waals surface area contributed by atoms with Crippen molar-refractivity contribution in [1.29, 1.82) is 0 Å². The van der Waals surface area contributed by atoms with E-state index >= 15 is 0 Å². The minimum atomic E-state index is -0.829. The molecule has 0 aliphatic heterocycles. The zero-order chi connectivity index (χ0) is 10.2. The van der Waals surface area contributed by atoms with Gasteiger partial charge in [-0.25, -0.2) is 4.79 Å². The van der Waals surface area contributed by atoms with Gasteiger partial charge in [-0.1, -0.05) is 12.2 Å². The Morgan fingerprint density at radius 3 is 2.23 bits per heavy atom. The summed E-state index contributed by atoms with van der Waals surface area (Å²) in [4.78, 5) is 12.5. The molecule has 0 unspecified atom stereocenters. The lowest BCUT2D eigenvalue weighted by Gasteiger charge is -2.44. The van der Waals surface area contributed by atoms with E-state index in [0.717, 1.165) is 18.4 Å². The maximum absolute atomic E-state index is 11.0. The van der Waals surface area contributed by atoms with Gasteiger partial charge >= 0.3 is 6.09 Å². The first-order valence-corrected chi connectivity index (χ1v) is 4.51. The highest BCUT2D eigenvalue weighted by molar-refractivity contribution is 5.67. The number of hydrogen-bond acceptors (Lipinski definition) is 1. The predicted molar refractivity (Wildman–Crippen MR) is 51.8 cm³/mol. The Bertz CT molecular complexity index is 232. The number of carboxylic acid groups (broad SMARTS) is 1. The molecule has 1 fully saturated rings. The standard InChI is InChI=1S/C10H17NO2/c1-7-5-8(6-7)11(9(12)13)10(2,3)4/h8H,1,5-6H2,2-4H3,(H,12,13). The summed E-state index contributed by atoms with van der Waals surface area (Å²) >= 11 is 0. The van der Waals surface area contributed by atoms with Crippen molar-refractivity contribution in [1.82, 2.24) is 4.90 Å². The van der Waals surface area contributed by atoms with Crippen molar-refractivity contribution < 1.29 is 9.90 Å². The second kappa shape index (κ2) is 3.05. The molecule has 0 aromatic rings. The zero-order valence-electron chi connectivity index (χ0n) is 8.50. The van der Waals surface area contributed by atoms with Crippen LogP contribution < -0.4 is 0 Å². The van der Waals surface area contributed by atoms with E-state index in [1.54, 1.807) is 0 Å². The number of hydrogen-bond donors (Lipinski definition) is 1. The van der Waals surface area contributed by atoms with Gasteiger partial charge in [0, 0.05) is 11.6 Å². The van der Waals surface area contributed by atoms with Crippen LogP contribution in [0.4, 0.5) is 4.79 Å². The maximum atomic E-state index is 11.0. The highest BCUT2D eigenvalue weighted by Crippen LogP contribution is 2.33. The molecule has 1 rings (SSSR count). The predicted octanol–water partition coefficient (Wildman–Crippen LogP) is 2.48. The molecular formula is C10H17NO2. The lowest BCUT2D eigenvalue weighted by atomic mass is 9.84. The normalized spacial score (nSPS) is 18.2. The van der Waals surface area contributed by atoms with Gasteiger partial charge < -0.3 is 5.11 Å². The summed E-state index contributed by atoms with van der Waals surface area (Å²) in [5.41, 5.74) is 0.845. The first kappa shape index (κ1) is 10.1. The molecule has 0 saturated heterocycles. The first-order valence-electron chi connectivity index (χ1n) is 4.51. The van der Waals surface area contributed by atoms with Gasteiger partial charge in [0.15, 0.2) is 0 Å². The topological polar surface area (TPSA) is 40.5 Å². The van der Waals surface area contributed by atoms with E-state index in [9.17, 15) is 4.79 Å². The summed E-state index contributed by atoms with van der Waals surface area (Å²) in [6.07, 6.45) is 0.817. The van der Waals surface area contributed by atoms with E-state index in [-0.39, 0.29) is 11.6 Å². The first-order chi connectivity index (χ1) is 5.82. The van der Waals surface area contributed by atoms with Crippen molar-refractivity contribution in [2.75, 3.05) is 0 Å². The number of nitrogens with zero attached hydrogens (tertiary/aromatic N) is 1. The quantitative estimate of drug-likeness (QED) is 0.634. The van der Waals surface area contributed by atoms with Crippen molar-refractivity contribution >= 4 is 6.09 Å². The Morgan fingerprint density at radius 2 is 2.00 bits per heavy atom. The third kappa shape index (κ3) is 2.02. The van der Waals surface area contributed by atoms with Crippen LogP contribution in [0.3, 0.4) is 0 Å². The van der Waals surface area contributed by atoms with Gasteiger partial charge in [-0.2, -0.15) is 0 Å². The molecule has 1 aliphatic rings. The fraction of sp³-hybridized carbons (Fsp3) is 0.700. The van der Waals surface area contributed by atoms with Gasteiger partial charge in [0.1, 0.15) is 0 Å². The van der Waals surface area contributed by atoms with Crippen molar-refractivity contribution in [2.24, 2.45) is 0 Å². The summed E-state index contributed by atoms with van der Waals surface area (Å²) in [5.74, 6) is 0. The van der Waals surface area contributed by atoms with Crippen LogP contribution in [0.2, 0.25) is 0 Å². The van der Waals surface area contributed by atoms with Crippen molar-refractivity contribution in [3.8, 4) is 0 Å². The van der Waals surface area contributed by atoms with Crippen LogP contribution in [0.15, 0.2) is 12.2 Å². The summed E-state index contributed by atoms with van der Waals surface area (Å²) in [5, 5.41) is 9.03. The van der Waals surface area contributed by atoms with Gasteiger partial charge in [0.25, 0.3) is 0 Å². The van der Waals surface area contributed by atoms with Gasteiger partial charge in [-0.05, 0) is 33.6 Å². The summed E-state index contributed by atoms with van der Waals surface area (Å²) in [6, 6.07) is 0.144. The average Bonchev–Trinajstić information content (AvgIpc) is 1.79. The molecule has 3 heteroatoms. The second-order valence-electron chi connectivity index (χ2n) is 4.64. The molecule has 0 bridgehead atoms. The third-order valence-electron chi connectivity index (χ3n) is 2.34. The van der Waals surface area contributed by atoms with Crippen LogP contribution in [0.1, 0.15) is 33.6 Å². The van der Waals surface area contributed by atoms with Crippen molar-refractivity contribution in [2.45, 2.75) is 45.2 Å². The molecule has 0 aromatic carbocycles. The molecule has 13 heavy (non-hydrogen) atoms. The minimum absolute atomic E-state index is 0.144. The van der Waals surface area contributed by atoms with Gasteiger partial charge in [-0.15, -0.1) is 0 Å². The monoisotopic (exact) mass is 183 g/mol. The summed E-state index contributed by atoms with van der Waals surface area (Å²) < 4.78 is 0. The van der Waals surface area contributed by atoms with E-state index in [1.165, 1.54) is 4.90 Å². The number of amides is 1. The lowest BCUT2D eigenvalue weighted by Crippen LogP contribution is -2.54. The van der Waals surface area contributed by atoms with Crippen LogP contribution in [-0.2, 0) is 0 Å². The summed E-state index contributed by atoms with van der Waals surface area (Å²) in [6.45, 7) is 9.57. The second-order valence-corrected chi connectivity index (χ2v) is 4.64. The van der Waals surface area contributed by atoms with Crippen LogP contribution in [0.5, 0.6) is 0 Å². The smallest absolute Gasteiger partial charge is 0.408 e. The van der Waals surface area contributed by atoms with Crippen LogP contribution in [-0.4, -0.2) is 27.7 Å². The SMILES string of the molecule is C=C1CC(N(C(=O)O)C(C)(C)C)C1. The highest BCUT2D eigenvalue weighted by Gasteiger charge is 2.37. The molecule has 0 spiro atoms. The molecule has 1 saturated carbocycles. The Kier molecular flexibility index (Phi) is 2.37. The minimum Gasteiger partial charge on any atom is -0.465 e. The molecule has 1 N–H and O–H groups in total. The molecule has 0 atom stereocenters. The van der Waals surface area contributed by atoms with Gasteiger partial charge in [0.05, 0.1) is 0 Å². The molecule has 0 heterocycles. The van der Waals surface area contributed by atoms with E-state index in [0.29, 0.717) is 0 Å². The molecule has 0 aromatic heterocycles. The van der Waals surface area contributed by atoms with E-state index in [1.807, 2.05) is 20.8 Å². The molecule has 0 radical (unpaired) electrons. The number of carbonyl (C=O) groups is 1. The summed E-state index contributed by atoms with van der Waals surface area (Å²) in [7, 11) is 0. The number of rotatable bonds is 1. The van der Waals surface area contributed by atoms with Crippen LogP contribution in [0, 0.1) is 0 Å². The van der Waals surface area contributed by atoms with Crippen LogP contribution >= 0.6 is 0 Å². The largest absolute Gasteiger partial charge is 0.465 e. The van der Waals surface area contributed by atoms with E-state index in [4.69, 9.17) is 5.11 Å². The Morgan fingerprint density at radius 1 is 1.54 bits per heavy atom. The molecule has 3 nitrogen and oxygen atoms in total. The van der Waals surface area contributed by atoms with Crippen LogP contribution in [0.25, 0.3) is 0 Å². The Hall–Kier alpha value is -0.990.